The van der Waals surface area contributed by atoms with E-state index < -0.39 is 7.12 Å². The van der Waals surface area contributed by atoms with E-state index in [4.69, 9.17) is 19.4 Å². The maximum Gasteiger partial charge on any atom is 0.457 e. The van der Waals surface area contributed by atoms with Crippen molar-refractivity contribution >= 4 is 14.2 Å². The third-order valence-electron chi connectivity index (χ3n) is 2.96. The molecule has 0 amide bonds. The SMILES string of the molecule is CC1(C)OB(CCB(O)O)OC1(C)C. The molecule has 1 aliphatic heterocycles. The molecule has 1 heterocycles. The molecule has 0 bridgehead atoms. The predicted octanol–water partition coefficient (Wildman–Crippen LogP) is 0.551. The molecule has 1 rings (SSSR count). The second kappa shape index (κ2) is 3.85. The highest BCUT2D eigenvalue weighted by Crippen LogP contribution is 2.37. The molecule has 2 N–H and O–H groups in total. The summed E-state index contributed by atoms with van der Waals surface area (Å²) in [5.41, 5.74) is -0.670. The summed E-state index contributed by atoms with van der Waals surface area (Å²) in [6.45, 7) is 7.90. The van der Waals surface area contributed by atoms with Crippen LogP contribution in [0.2, 0.25) is 12.6 Å². The van der Waals surface area contributed by atoms with Crippen LogP contribution in [-0.2, 0) is 9.31 Å². The van der Waals surface area contributed by atoms with Gasteiger partial charge in [-0.3, -0.25) is 0 Å². The molecular weight excluding hydrogens is 182 g/mol. The second-order valence-electron chi connectivity index (χ2n) is 4.74. The highest BCUT2D eigenvalue weighted by Gasteiger charge is 2.50. The van der Waals surface area contributed by atoms with Gasteiger partial charge in [0.2, 0.25) is 0 Å². The van der Waals surface area contributed by atoms with Gasteiger partial charge in [-0.25, -0.2) is 0 Å². The predicted molar refractivity (Wildman–Crippen MR) is 55.9 cm³/mol. The highest BCUT2D eigenvalue weighted by molar-refractivity contribution is 6.50. The summed E-state index contributed by atoms with van der Waals surface area (Å²) in [5, 5.41) is 17.4. The molecule has 0 atom stereocenters. The third kappa shape index (κ3) is 2.51. The molecule has 14 heavy (non-hydrogen) atoms. The Morgan fingerprint density at radius 2 is 1.50 bits per heavy atom. The molecule has 6 heteroatoms. The van der Waals surface area contributed by atoms with E-state index in [9.17, 15) is 0 Å². The zero-order valence-corrected chi connectivity index (χ0v) is 9.28. The molecule has 1 fully saturated rings. The molecule has 0 saturated carbocycles. The molecule has 1 saturated heterocycles. The van der Waals surface area contributed by atoms with Crippen molar-refractivity contribution in [2.75, 3.05) is 0 Å². The Labute approximate surface area is 85.9 Å². The van der Waals surface area contributed by atoms with Gasteiger partial charge in [-0.05, 0) is 40.3 Å². The lowest BCUT2D eigenvalue weighted by atomic mass is 9.71. The summed E-state index contributed by atoms with van der Waals surface area (Å²) in [5.74, 6) is 0. The molecule has 0 unspecified atom stereocenters. The van der Waals surface area contributed by atoms with Gasteiger partial charge in [-0.15, -0.1) is 0 Å². The first kappa shape index (κ1) is 12.0. The summed E-state index contributed by atoms with van der Waals surface area (Å²) in [6.07, 6.45) is 0.779. The van der Waals surface area contributed by atoms with Crippen LogP contribution in [0.1, 0.15) is 27.7 Å². The van der Waals surface area contributed by atoms with E-state index in [2.05, 4.69) is 0 Å². The second-order valence-corrected chi connectivity index (χ2v) is 4.74. The van der Waals surface area contributed by atoms with Gasteiger partial charge in [-0.2, -0.15) is 0 Å². The van der Waals surface area contributed by atoms with Gasteiger partial charge in [0.05, 0.1) is 11.2 Å². The molecule has 0 aromatic heterocycles. The van der Waals surface area contributed by atoms with Gasteiger partial charge >= 0.3 is 14.2 Å². The van der Waals surface area contributed by atoms with Crippen molar-refractivity contribution in [3.63, 3.8) is 0 Å². The van der Waals surface area contributed by atoms with E-state index in [-0.39, 0.29) is 24.6 Å². The number of rotatable bonds is 3. The van der Waals surface area contributed by atoms with Crippen LogP contribution in [0.15, 0.2) is 0 Å². The normalized spacial score (nSPS) is 24.0. The fourth-order valence-corrected chi connectivity index (χ4v) is 1.37. The first-order valence-electron chi connectivity index (χ1n) is 4.96. The Hall–Kier alpha value is -0.0301. The first-order chi connectivity index (χ1) is 6.24. The van der Waals surface area contributed by atoms with Crippen LogP contribution in [0.3, 0.4) is 0 Å². The summed E-state index contributed by atoms with van der Waals surface area (Å²) in [4.78, 5) is 0. The van der Waals surface area contributed by atoms with E-state index in [0.29, 0.717) is 6.32 Å². The minimum Gasteiger partial charge on any atom is -0.427 e. The Morgan fingerprint density at radius 1 is 1.07 bits per heavy atom. The van der Waals surface area contributed by atoms with Crippen LogP contribution in [0.25, 0.3) is 0 Å². The minimum atomic E-state index is -1.28. The summed E-state index contributed by atoms with van der Waals surface area (Å²) < 4.78 is 11.3. The zero-order chi connectivity index (χ0) is 11.0. The van der Waals surface area contributed by atoms with Crippen LogP contribution >= 0.6 is 0 Å². The smallest absolute Gasteiger partial charge is 0.427 e. The molecular formula is C8H18B2O4. The van der Waals surface area contributed by atoms with Gasteiger partial charge in [0, 0.05) is 0 Å². The van der Waals surface area contributed by atoms with Gasteiger partial charge in [0.15, 0.2) is 0 Å². The lowest BCUT2D eigenvalue weighted by Gasteiger charge is -2.32. The number of hydrogen-bond donors (Lipinski definition) is 2. The maximum absolute atomic E-state index is 8.72. The fraction of sp³-hybridized carbons (Fsp3) is 1.00. The lowest BCUT2D eigenvalue weighted by Crippen LogP contribution is -2.41. The largest absolute Gasteiger partial charge is 0.457 e. The van der Waals surface area contributed by atoms with Crippen molar-refractivity contribution < 1.29 is 19.4 Å². The van der Waals surface area contributed by atoms with Crippen LogP contribution in [0.4, 0.5) is 0 Å². The Bertz CT molecular complexity index is 190. The zero-order valence-electron chi connectivity index (χ0n) is 9.28. The molecule has 80 valence electrons. The quantitative estimate of drug-likeness (QED) is 0.653. The van der Waals surface area contributed by atoms with E-state index in [1.165, 1.54) is 0 Å². The molecule has 0 aromatic rings. The van der Waals surface area contributed by atoms with E-state index in [0.717, 1.165) is 0 Å². The van der Waals surface area contributed by atoms with Crippen LogP contribution < -0.4 is 0 Å². The monoisotopic (exact) mass is 200 g/mol. The standard InChI is InChI=1S/C8H18B2O4/c1-7(2)8(3,4)14-10(13-7)6-5-9(11)12/h11-12H,5-6H2,1-4H3. The fourth-order valence-electron chi connectivity index (χ4n) is 1.37. The third-order valence-corrected chi connectivity index (χ3v) is 2.96. The summed E-state index contributed by atoms with van der Waals surface area (Å²) >= 11 is 0. The van der Waals surface area contributed by atoms with Gasteiger partial charge in [0.25, 0.3) is 0 Å². The topological polar surface area (TPSA) is 58.9 Å². The van der Waals surface area contributed by atoms with Crippen molar-refractivity contribution in [2.45, 2.75) is 51.5 Å². The minimum absolute atomic E-state index is 0.275. The summed E-state index contributed by atoms with van der Waals surface area (Å²) in [6, 6.07) is 0. The average molecular weight is 200 g/mol. The molecule has 4 nitrogen and oxygen atoms in total. The van der Waals surface area contributed by atoms with Crippen molar-refractivity contribution in [3.8, 4) is 0 Å². The molecule has 0 aromatic carbocycles. The first-order valence-corrected chi connectivity index (χ1v) is 4.96. The molecule has 0 radical (unpaired) electrons. The van der Waals surface area contributed by atoms with Crippen LogP contribution in [0, 0.1) is 0 Å². The Kier molecular flexibility index (Phi) is 3.31. The van der Waals surface area contributed by atoms with Crippen LogP contribution in [-0.4, -0.2) is 35.5 Å². The van der Waals surface area contributed by atoms with Crippen molar-refractivity contribution in [3.05, 3.63) is 0 Å². The van der Waals surface area contributed by atoms with E-state index in [1.54, 1.807) is 0 Å². The van der Waals surface area contributed by atoms with E-state index in [1.807, 2.05) is 27.7 Å². The number of hydrogen-bond acceptors (Lipinski definition) is 4. The van der Waals surface area contributed by atoms with Crippen molar-refractivity contribution in [1.29, 1.82) is 0 Å². The summed E-state index contributed by atoms with van der Waals surface area (Å²) in [7, 11) is -1.61. The molecule has 1 aliphatic rings. The Balaban J connectivity index is 2.47. The highest BCUT2D eigenvalue weighted by atomic mass is 16.7. The van der Waals surface area contributed by atoms with E-state index >= 15 is 0 Å². The van der Waals surface area contributed by atoms with Gasteiger partial charge < -0.3 is 19.4 Å². The maximum atomic E-state index is 8.72. The van der Waals surface area contributed by atoms with Crippen LogP contribution in [0.5, 0.6) is 0 Å². The average Bonchev–Trinajstić information content (AvgIpc) is 2.17. The molecule has 0 spiro atoms. The van der Waals surface area contributed by atoms with Gasteiger partial charge in [-0.1, -0.05) is 0 Å². The van der Waals surface area contributed by atoms with Crippen molar-refractivity contribution in [2.24, 2.45) is 0 Å². The lowest BCUT2D eigenvalue weighted by molar-refractivity contribution is 0.00578. The van der Waals surface area contributed by atoms with Crippen molar-refractivity contribution in [1.82, 2.24) is 0 Å². The Morgan fingerprint density at radius 3 is 1.86 bits per heavy atom. The molecule has 0 aliphatic carbocycles. The van der Waals surface area contributed by atoms with Gasteiger partial charge in [0.1, 0.15) is 0 Å².